The predicted octanol–water partition coefficient (Wildman–Crippen LogP) is 1.09. The van der Waals surface area contributed by atoms with Gasteiger partial charge in [-0.1, -0.05) is 13.8 Å². The van der Waals surface area contributed by atoms with Crippen molar-refractivity contribution in [2.45, 2.75) is 46.1 Å². The first-order valence-electron chi connectivity index (χ1n) is 5.55. The zero-order valence-corrected chi connectivity index (χ0v) is 11.1. The van der Waals surface area contributed by atoms with E-state index in [1.54, 1.807) is 0 Å². The molecule has 0 aliphatic carbocycles. The van der Waals surface area contributed by atoms with Gasteiger partial charge in [0.25, 0.3) is 0 Å². The molecule has 0 spiro atoms. The maximum atomic E-state index is 11.6. The third-order valence-electron chi connectivity index (χ3n) is 2.33. The molecule has 0 saturated carbocycles. The summed E-state index contributed by atoms with van der Waals surface area (Å²) in [6.07, 6.45) is 1.45. The number of sulfonamides is 1. The van der Waals surface area contributed by atoms with Crippen molar-refractivity contribution in [2.24, 2.45) is 0 Å². The van der Waals surface area contributed by atoms with E-state index >= 15 is 0 Å². The number of nitrogens with one attached hydrogen (secondary N) is 2. The summed E-state index contributed by atoms with van der Waals surface area (Å²) in [6, 6.07) is 0. The summed E-state index contributed by atoms with van der Waals surface area (Å²) in [5.74, 6) is 0.198. The van der Waals surface area contributed by atoms with Crippen LogP contribution >= 0.6 is 0 Å². The summed E-state index contributed by atoms with van der Waals surface area (Å²) < 4.78 is 26.0. The molecule has 5 heteroatoms. The van der Waals surface area contributed by atoms with Gasteiger partial charge in [-0.3, -0.25) is 0 Å². The third kappa shape index (κ3) is 7.76. The van der Waals surface area contributed by atoms with E-state index in [9.17, 15) is 8.42 Å². The Morgan fingerprint density at radius 2 is 1.80 bits per heavy atom. The molecule has 0 aliphatic rings. The van der Waals surface area contributed by atoms with Crippen molar-refractivity contribution >= 4 is 10.0 Å². The van der Waals surface area contributed by atoms with Gasteiger partial charge in [0.15, 0.2) is 0 Å². The summed E-state index contributed by atoms with van der Waals surface area (Å²) in [5, 5.41) is 3.11. The lowest BCUT2D eigenvalue weighted by Gasteiger charge is -2.24. The molecule has 92 valence electrons. The van der Waals surface area contributed by atoms with Gasteiger partial charge in [0.1, 0.15) is 0 Å². The van der Waals surface area contributed by atoms with Crippen LogP contribution in [0.1, 0.15) is 40.5 Å². The van der Waals surface area contributed by atoms with Crippen molar-refractivity contribution in [1.29, 1.82) is 0 Å². The normalized spacial score (nSPS) is 13.1. The molecule has 0 aromatic heterocycles. The van der Waals surface area contributed by atoms with Crippen molar-refractivity contribution in [1.82, 2.24) is 10.0 Å². The topological polar surface area (TPSA) is 58.2 Å². The van der Waals surface area contributed by atoms with Gasteiger partial charge in [-0.15, -0.1) is 0 Å². The molecule has 0 radical (unpaired) electrons. The molecule has 0 atom stereocenters. The molecule has 0 rings (SSSR count). The SMILES string of the molecule is CCNCCCS(=O)(=O)NC(C)(C)CC. The van der Waals surface area contributed by atoms with Gasteiger partial charge >= 0.3 is 0 Å². The van der Waals surface area contributed by atoms with Crippen molar-refractivity contribution in [3.8, 4) is 0 Å². The Balaban J connectivity index is 3.98. The standard InChI is InChI=1S/C10H24N2O2S/c1-5-10(3,4)12-15(13,14)9-7-8-11-6-2/h11-12H,5-9H2,1-4H3. The zero-order valence-electron chi connectivity index (χ0n) is 10.3. The fourth-order valence-corrected chi connectivity index (χ4v) is 2.72. The fraction of sp³-hybridized carbons (Fsp3) is 1.00. The molecule has 0 aromatic rings. The van der Waals surface area contributed by atoms with Gasteiger partial charge in [0.2, 0.25) is 10.0 Å². The molecule has 0 aliphatic heterocycles. The van der Waals surface area contributed by atoms with E-state index in [0.29, 0.717) is 6.42 Å². The first kappa shape index (κ1) is 14.9. The summed E-state index contributed by atoms with van der Waals surface area (Å²) in [4.78, 5) is 0. The smallest absolute Gasteiger partial charge is 0.212 e. The second-order valence-electron chi connectivity index (χ2n) is 4.37. The lowest BCUT2D eigenvalue weighted by molar-refractivity contribution is 0.439. The van der Waals surface area contributed by atoms with Crippen LogP contribution in [0.25, 0.3) is 0 Å². The Labute approximate surface area is 93.9 Å². The lowest BCUT2D eigenvalue weighted by atomic mass is 10.0. The van der Waals surface area contributed by atoms with Crippen LogP contribution in [-0.4, -0.2) is 32.8 Å². The van der Waals surface area contributed by atoms with Crippen LogP contribution < -0.4 is 10.0 Å². The average molecular weight is 236 g/mol. The molecular formula is C10H24N2O2S. The van der Waals surface area contributed by atoms with E-state index in [4.69, 9.17) is 0 Å². The first-order valence-corrected chi connectivity index (χ1v) is 7.20. The van der Waals surface area contributed by atoms with Gasteiger partial charge in [-0.2, -0.15) is 0 Å². The monoisotopic (exact) mass is 236 g/mol. The molecule has 0 aromatic carbocycles. The molecule has 0 fully saturated rings. The van der Waals surface area contributed by atoms with Gasteiger partial charge in [0, 0.05) is 5.54 Å². The summed E-state index contributed by atoms with van der Waals surface area (Å²) in [6.45, 7) is 9.41. The van der Waals surface area contributed by atoms with Crippen LogP contribution in [0.3, 0.4) is 0 Å². The van der Waals surface area contributed by atoms with Crippen LogP contribution in [-0.2, 0) is 10.0 Å². The molecule has 15 heavy (non-hydrogen) atoms. The highest BCUT2D eigenvalue weighted by atomic mass is 32.2. The maximum absolute atomic E-state index is 11.6. The van der Waals surface area contributed by atoms with Gasteiger partial charge in [0.05, 0.1) is 5.75 Å². The van der Waals surface area contributed by atoms with Crippen molar-refractivity contribution < 1.29 is 8.42 Å². The Kier molecular flexibility index (Phi) is 6.40. The number of hydrogen-bond acceptors (Lipinski definition) is 3. The predicted molar refractivity (Wildman–Crippen MR) is 64.5 cm³/mol. The second kappa shape index (κ2) is 6.45. The summed E-state index contributed by atoms with van der Waals surface area (Å²) >= 11 is 0. The average Bonchev–Trinajstić information content (AvgIpc) is 2.11. The third-order valence-corrected chi connectivity index (χ3v) is 4.02. The minimum atomic E-state index is -3.12. The maximum Gasteiger partial charge on any atom is 0.212 e. The molecule has 0 amide bonds. The Morgan fingerprint density at radius 1 is 1.20 bits per heavy atom. The summed E-state index contributed by atoms with van der Waals surface area (Å²) in [5.41, 5.74) is -0.336. The van der Waals surface area contributed by atoms with Crippen molar-refractivity contribution in [3.63, 3.8) is 0 Å². The van der Waals surface area contributed by atoms with Gasteiger partial charge in [-0.25, -0.2) is 13.1 Å². The van der Waals surface area contributed by atoms with Crippen LogP contribution in [0, 0.1) is 0 Å². The van der Waals surface area contributed by atoms with Gasteiger partial charge < -0.3 is 5.32 Å². The molecular weight excluding hydrogens is 212 g/mol. The number of rotatable bonds is 8. The minimum Gasteiger partial charge on any atom is -0.317 e. The first-order chi connectivity index (χ1) is 6.83. The molecule has 2 N–H and O–H groups in total. The van der Waals surface area contributed by atoms with Crippen LogP contribution in [0.15, 0.2) is 0 Å². The highest BCUT2D eigenvalue weighted by Crippen LogP contribution is 2.09. The second-order valence-corrected chi connectivity index (χ2v) is 6.21. The van der Waals surface area contributed by atoms with Gasteiger partial charge in [-0.05, 0) is 39.8 Å². The zero-order chi connectivity index (χ0) is 11.9. The van der Waals surface area contributed by atoms with E-state index in [0.717, 1.165) is 19.5 Å². The quantitative estimate of drug-likeness (QED) is 0.620. The summed E-state index contributed by atoms with van der Waals surface area (Å²) in [7, 11) is -3.12. The molecule has 0 bridgehead atoms. The van der Waals surface area contributed by atoms with E-state index in [2.05, 4.69) is 10.0 Å². The Hall–Kier alpha value is -0.130. The Bertz CT molecular complexity index is 261. The molecule has 0 unspecified atom stereocenters. The van der Waals surface area contributed by atoms with Crippen LogP contribution in [0.4, 0.5) is 0 Å². The minimum absolute atomic E-state index is 0.198. The Morgan fingerprint density at radius 3 is 2.27 bits per heavy atom. The van der Waals surface area contributed by atoms with E-state index < -0.39 is 10.0 Å². The van der Waals surface area contributed by atoms with Crippen LogP contribution in [0.2, 0.25) is 0 Å². The van der Waals surface area contributed by atoms with E-state index in [-0.39, 0.29) is 11.3 Å². The molecule has 0 heterocycles. The largest absolute Gasteiger partial charge is 0.317 e. The molecule has 4 nitrogen and oxygen atoms in total. The lowest BCUT2D eigenvalue weighted by Crippen LogP contribution is -2.44. The van der Waals surface area contributed by atoms with Crippen molar-refractivity contribution in [2.75, 3.05) is 18.8 Å². The van der Waals surface area contributed by atoms with Crippen LogP contribution in [0.5, 0.6) is 0 Å². The highest BCUT2D eigenvalue weighted by Gasteiger charge is 2.22. The van der Waals surface area contributed by atoms with Crippen molar-refractivity contribution in [3.05, 3.63) is 0 Å². The van der Waals surface area contributed by atoms with E-state index in [1.165, 1.54) is 0 Å². The highest BCUT2D eigenvalue weighted by molar-refractivity contribution is 7.89. The number of hydrogen-bond donors (Lipinski definition) is 2. The molecule has 0 saturated heterocycles. The van der Waals surface area contributed by atoms with E-state index in [1.807, 2.05) is 27.7 Å². The fourth-order valence-electron chi connectivity index (χ4n) is 1.11.